The summed E-state index contributed by atoms with van der Waals surface area (Å²) in [5.74, 6) is -0.323. The zero-order chi connectivity index (χ0) is 24.6. The van der Waals surface area contributed by atoms with Crippen LogP contribution in [0.5, 0.6) is 0 Å². The SMILES string of the molecule is Cn1cc(-c2ccc3nc(NC(=O)c4csc(-c5cccnc5)n4)cn3n2)c(-c2ccc(F)cc2)n1. The monoisotopic (exact) mass is 496 g/mol. The van der Waals surface area contributed by atoms with Crippen molar-refractivity contribution in [3.63, 3.8) is 0 Å². The van der Waals surface area contributed by atoms with E-state index in [4.69, 9.17) is 0 Å². The summed E-state index contributed by atoms with van der Waals surface area (Å²) in [4.78, 5) is 25.7. The van der Waals surface area contributed by atoms with Gasteiger partial charge in [0.1, 0.15) is 22.2 Å². The van der Waals surface area contributed by atoms with Crippen LogP contribution in [0, 0.1) is 5.82 Å². The van der Waals surface area contributed by atoms with Gasteiger partial charge in [-0.3, -0.25) is 14.5 Å². The van der Waals surface area contributed by atoms with Crippen molar-refractivity contribution < 1.29 is 9.18 Å². The van der Waals surface area contributed by atoms with E-state index in [0.717, 1.165) is 16.7 Å². The minimum Gasteiger partial charge on any atom is -0.304 e. The fraction of sp³-hybridized carbons (Fsp3) is 0.0400. The number of aryl methyl sites for hydroxylation is 1. The molecule has 0 radical (unpaired) electrons. The van der Waals surface area contributed by atoms with E-state index in [-0.39, 0.29) is 11.7 Å². The molecule has 5 aromatic heterocycles. The molecule has 1 aromatic carbocycles. The Labute approximate surface area is 207 Å². The Balaban J connectivity index is 1.27. The number of thiazole rings is 1. The van der Waals surface area contributed by atoms with E-state index in [0.29, 0.717) is 33.6 Å². The number of fused-ring (bicyclic) bond motifs is 1. The van der Waals surface area contributed by atoms with Gasteiger partial charge in [-0.1, -0.05) is 0 Å². The maximum Gasteiger partial charge on any atom is 0.276 e. The number of anilines is 1. The average Bonchev–Trinajstić information content (AvgIpc) is 3.62. The molecule has 0 bridgehead atoms. The van der Waals surface area contributed by atoms with E-state index in [2.05, 4.69) is 30.5 Å². The van der Waals surface area contributed by atoms with Gasteiger partial charge in [0.2, 0.25) is 0 Å². The van der Waals surface area contributed by atoms with Crippen LogP contribution in [-0.4, -0.2) is 40.3 Å². The van der Waals surface area contributed by atoms with Gasteiger partial charge in [0.15, 0.2) is 11.5 Å². The first-order valence-electron chi connectivity index (χ1n) is 10.9. The molecule has 0 saturated carbocycles. The van der Waals surface area contributed by atoms with Crippen LogP contribution in [0.2, 0.25) is 0 Å². The molecular weight excluding hydrogens is 479 g/mol. The first-order chi connectivity index (χ1) is 17.5. The van der Waals surface area contributed by atoms with Crippen LogP contribution in [-0.2, 0) is 7.05 Å². The van der Waals surface area contributed by atoms with Crippen LogP contribution in [0.25, 0.3) is 38.7 Å². The zero-order valence-electron chi connectivity index (χ0n) is 18.8. The minimum absolute atomic E-state index is 0.295. The van der Waals surface area contributed by atoms with E-state index in [1.165, 1.54) is 23.5 Å². The molecular formula is C25H17FN8OS. The molecule has 176 valence electrons. The van der Waals surface area contributed by atoms with Crippen molar-refractivity contribution in [1.82, 2.24) is 34.3 Å². The van der Waals surface area contributed by atoms with Crippen molar-refractivity contribution >= 4 is 28.7 Å². The fourth-order valence-corrected chi connectivity index (χ4v) is 4.55. The Morgan fingerprint density at radius 3 is 2.67 bits per heavy atom. The summed E-state index contributed by atoms with van der Waals surface area (Å²) in [6.45, 7) is 0. The highest BCUT2D eigenvalue weighted by molar-refractivity contribution is 7.13. The number of aromatic nitrogens is 7. The van der Waals surface area contributed by atoms with Crippen LogP contribution in [0.3, 0.4) is 0 Å². The van der Waals surface area contributed by atoms with E-state index < -0.39 is 0 Å². The first-order valence-corrected chi connectivity index (χ1v) is 11.7. The van der Waals surface area contributed by atoms with Crippen molar-refractivity contribution in [1.29, 1.82) is 0 Å². The lowest BCUT2D eigenvalue weighted by Crippen LogP contribution is -2.12. The summed E-state index contributed by atoms with van der Waals surface area (Å²) >= 11 is 1.37. The molecule has 0 aliphatic carbocycles. The summed E-state index contributed by atoms with van der Waals surface area (Å²) in [7, 11) is 1.82. The van der Waals surface area contributed by atoms with Crippen LogP contribution < -0.4 is 5.32 Å². The van der Waals surface area contributed by atoms with Crippen molar-refractivity contribution in [2.24, 2.45) is 7.05 Å². The maximum absolute atomic E-state index is 13.4. The van der Waals surface area contributed by atoms with Crippen molar-refractivity contribution in [3.8, 4) is 33.1 Å². The lowest BCUT2D eigenvalue weighted by atomic mass is 10.1. The minimum atomic E-state index is -0.365. The number of amides is 1. The number of rotatable bonds is 5. The van der Waals surface area contributed by atoms with Gasteiger partial charge < -0.3 is 5.32 Å². The Morgan fingerprint density at radius 2 is 1.86 bits per heavy atom. The number of pyridine rings is 1. The molecule has 9 nitrogen and oxygen atoms in total. The van der Waals surface area contributed by atoms with Crippen molar-refractivity contribution in [2.75, 3.05) is 5.32 Å². The average molecular weight is 497 g/mol. The first kappa shape index (κ1) is 21.7. The number of halogens is 1. The summed E-state index contributed by atoms with van der Waals surface area (Å²) in [5, 5.41) is 14.4. The van der Waals surface area contributed by atoms with Gasteiger partial charge in [0.25, 0.3) is 5.91 Å². The molecule has 0 spiro atoms. The number of nitrogens with zero attached hydrogens (tertiary/aromatic N) is 7. The summed E-state index contributed by atoms with van der Waals surface area (Å²) < 4.78 is 16.7. The molecule has 0 saturated heterocycles. The Bertz CT molecular complexity index is 1710. The smallest absolute Gasteiger partial charge is 0.276 e. The van der Waals surface area contributed by atoms with E-state index in [9.17, 15) is 9.18 Å². The van der Waals surface area contributed by atoms with Gasteiger partial charge in [-0.25, -0.2) is 18.9 Å². The van der Waals surface area contributed by atoms with Crippen LogP contribution in [0.15, 0.2) is 78.7 Å². The Morgan fingerprint density at radius 1 is 1.00 bits per heavy atom. The molecule has 0 fully saturated rings. The van der Waals surface area contributed by atoms with Gasteiger partial charge in [0.05, 0.1) is 11.9 Å². The molecule has 0 aliphatic heterocycles. The number of carbonyl (C=O) groups is 1. The second-order valence-corrected chi connectivity index (χ2v) is 8.81. The van der Waals surface area contributed by atoms with Crippen LogP contribution in [0.4, 0.5) is 10.2 Å². The molecule has 36 heavy (non-hydrogen) atoms. The number of hydrogen-bond acceptors (Lipinski definition) is 7. The third-order valence-corrected chi connectivity index (χ3v) is 6.32. The second kappa shape index (κ2) is 8.78. The molecule has 6 aromatic rings. The predicted octanol–water partition coefficient (Wildman–Crippen LogP) is 4.71. The quantitative estimate of drug-likeness (QED) is 0.371. The molecule has 6 rings (SSSR count). The number of nitrogens with one attached hydrogen (secondary N) is 1. The third-order valence-electron chi connectivity index (χ3n) is 5.43. The Hall–Kier alpha value is -4.77. The molecule has 0 atom stereocenters. The second-order valence-electron chi connectivity index (χ2n) is 7.95. The molecule has 5 heterocycles. The van der Waals surface area contributed by atoms with Crippen molar-refractivity contribution in [3.05, 3.63) is 90.2 Å². The molecule has 1 amide bonds. The lowest BCUT2D eigenvalue weighted by molar-refractivity contribution is 0.102. The molecule has 0 unspecified atom stereocenters. The van der Waals surface area contributed by atoms with E-state index >= 15 is 0 Å². The fourth-order valence-electron chi connectivity index (χ4n) is 3.76. The highest BCUT2D eigenvalue weighted by atomic mass is 32.1. The highest BCUT2D eigenvalue weighted by Crippen LogP contribution is 2.30. The van der Waals surface area contributed by atoms with Gasteiger partial charge in [-0.05, 0) is 48.5 Å². The number of benzene rings is 1. The lowest BCUT2D eigenvalue weighted by Gasteiger charge is -2.03. The number of hydrogen-bond donors (Lipinski definition) is 1. The summed E-state index contributed by atoms with van der Waals surface area (Å²) in [6.07, 6.45) is 6.88. The zero-order valence-corrected chi connectivity index (χ0v) is 19.6. The van der Waals surface area contributed by atoms with Crippen molar-refractivity contribution in [2.45, 2.75) is 0 Å². The van der Waals surface area contributed by atoms with Gasteiger partial charge >= 0.3 is 0 Å². The number of imidazole rings is 1. The van der Waals surface area contributed by atoms with Gasteiger partial charge in [-0.15, -0.1) is 11.3 Å². The summed E-state index contributed by atoms with van der Waals surface area (Å²) in [6, 6.07) is 13.5. The molecule has 1 N–H and O–H groups in total. The molecule has 0 aliphatic rings. The van der Waals surface area contributed by atoms with E-state index in [1.54, 1.807) is 45.3 Å². The number of carbonyl (C=O) groups excluding carboxylic acids is 1. The standard InChI is InChI=1S/C25H17FN8OS/c1-33-12-18(23(32-33)15-4-6-17(26)7-5-15)19-8-9-22-29-21(13-34(22)31-19)30-24(35)20-14-36-25(28-20)16-3-2-10-27-11-16/h2-14H,1H3,(H,30,35). The summed E-state index contributed by atoms with van der Waals surface area (Å²) in [5.41, 5.74) is 4.62. The van der Waals surface area contributed by atoms with Gasteiger partial charge in [-0.2, -0.15) is 10.2 Å². The van der Waals surface area contributed by atoms with Crippen LogP contribution in [0.1, 0.15) is 10.5 Å². The topological polar surface area (TPSA) is 103 Å². The highest BCUT2D eigenvalue weighted by Gasteiger charge is 2.17. The predicted molar refractivity (Wildman–Crippen MR) is 134 cm³/mol. The van der Waals surface area contributed by atoms with Gasteiger partial charge in [0, 0.05) is 47.7 Å². The maximum atomic E-state index is 13.4. The molecule has 11 heteroatoms. The van der Waals surface area contributed by atoms with Crippen LogP contribution >= 0.6 is 11.3 Å². The van der Waals surface area contributed by atoms with E-state index in [1.807, 2.05) is 37.5 Å². The third kappa shape index (κ3) is 4.12. The normalized spacial score (nSPS) is 11.2. The largest absolute Gasteiger partial charge is 0.304 e. The Kier molecular flexibility index (Phi) is 5.30.